The van der Waals surface area contributed by atoms with Crippen molar-refractivity contribution >= 4 is 27.8 Å². The Bertz CT molecular complexity index is 475. The highest BCUT2D eigenvalue weighted by atomic mass is 32.2. The van der Waals surface area contributed by atoms with E-state index in [1.807, 2.05) is 0 Å². The quantitative estimate of drug-likeness (QED) is 0.403. The van der Waals surface area contributed by atoms with Crippen LogP contribution in [0, 0.1) is 0 Å². The van der Waals surface area contributed by atoms with Crippen molar-refractivity contribution in [2.45, 2.75) is 4.90 Å². The van der Waals surface area contributed by atoms with Crippen LogP contribution in [0.25, 0.3) is 0 Å². The van der Waals surface area contributed by atoms with Gasteiger partial charge in [-0.2, -0.15) is 12.6 Å². The first-order valence-electron chi connectivity index (χ1n) is 3.60. The van der Waals surface area contributed by atoms with Crippen LogP contribution in [-0.4, -0.2) is 32.6 Å². The van der Waals surface area contributed by atoms with E-state index in [0.717, 1.165) is 0 Å². The second-order valence-electron chi connectivity index (χ2n) is 2.36. The van der Waals surface area contributed by atoms with E-state index in [-0.39, 0.29) is 10.5 Å². The maximum absolute atomic E-state index is 10.6. The van der Waals surface area contributed by atoms with E-state index in [2.05, 4.69) is 0 Å². The average molecular weight is 268 g/mol. The Kier molecular flexibility index (Phi) is 6.00. The van der Waals surface area contributed by atoms with Gasteiger partial charge in [-0.05, 0) is 6.07 Å². The van der Waals surface area contributed by atoms with Gasteiger partial charge in [0, 0.05) is 5.56 Å². The lowest BCUT2D eigenvalue weighted by Crippen LogP contribution is -2.01. The molecule has 0 aliphatic heterocycles. The molecule has 0 bridgehead atoms. The lowest BCUT2D eigenvalue weighted by molar-refractivity contribution is 0.112. The molecule has 0 aliphatic carbocycles. The molecule has 7 nitrogen and oxygen atoms in total. The molecule has 9 heteroatoms. The first-order valence-corrected chi connectivity index (χ1v) is 6.11. The number of carbonyl (C=O) groups excluding carboxylic acids is 1. The number of rotatable bonds is 2. The van der Waals surface area contributed by atoms with Gasteiger partial charge in [0.1, 0.15) is 4.90 Å². The summed E-state index contributed by atoms with van der Waals surface area (Å²) in [5, 5.41) is 0. The number of hydrogen-bond donors (Lipinski definition) is 3. The predicted molar refractivity (Wildman–Crippen MR) is 55.0 cm³/mol. The third-order valence-corrected chi connectivity index (χ3v) is 2.25. The third-order valence-electron chi connectivity index (χ3n) is 1.32. The molecule has 16 heavy (non-hydrogen) atoms. The molecule has 0 radical (unpaired) electrons. The maximum atomic E-state index is 10.6. The highest BCUT2D eigenvalue weighted by Crippen LogP contribution is 2.12. The summed E-state index contributed by atoms with van der Waals surface area (Å²) in [4.78, 5) is 9.94. The van der Waals surface area contributed by atoms with E-state index in [1.165, 1.54) is 24.3 Å². The van der Waals surface area contributed by atoms with Gasteiger partial charge in [0.2, 0.25) is 0 Å². The van der Waals surface area contributed by atoms with Crippen molar-refractivity contribution in [1.29, 1.82) is 0 Å². The van der Waals surface area contributed by atoms with Crippen LogP contribution >= 0.6 is 0 Å². The molecule has 1 aromatic carbocycles. The second kappa shape index (κ2) is 6.45. The summed E-state index contributed by atoms with van der Waals surface area (Å²) >= 11 is -2.61. The van der Waals surface area contributed by atoms with Gasteiger partial charge in [-0.15, -0.1) is 0 Å². The number of benzene rings is 1. The number of aldehydes is 1. The van der Waals surface area contributed by atoms with Gasteiger partial charge >= 0.3 is 0 Å². The summed E-state index contributed by atoms with van der Waals surface area (Å²) in [7, 11) is -4.28. The highest BCUT2D eigenvalue weighted by Gasteiger charge is 2.13. The Morgan fingerprint density at radius 2 is 1.62 bits per heavy atom. The molecule has 0 amide bonds. The zero-order chi connectivity index (χ0) is 12.8. The van der Waals surface area contributed by atoms with E-state index in [0.29, 0.717) is 6.29 Å². The minimum Gasteiger partial charge on any atom is -0.298 e. The van der Waals surface area contributed by atoms with Crippen molar-refractivity contribution in [2.75, 3.05) is 0 Å². The zero-order valence-electron chi connectivity index (χ0n) is 7.68. The van der Waals surface area contributed by atoms with E-state index >= 15 is 0 Å². The minimum absolute atomic E-state index is 0.0417. The first kappa shape index (κ1) is 14.9. The van der Waals surface area contributed by atoms with Gasteiger partial charge in [0.15, 0.2) is 6.29 Å². The molecular weight excluding hydrogens is 260 g/mol. The molecule has 90 valence electrons. The molecule has 1 rings (SSSR count). The summed E-state index contributed by atoms with van der Waals surface area (Å²) in [5.74, 6) is 0. The summed E-state index contributed by atoms with van der Waals surface area (Å²) in [6.07, 6.45) is 0.378. The zero-order valence-corrected chi connectivity index (χ0v) is 9.31. The van der Waals surface area contributed by atoms with Crippen molar-refractivity contribution in [3.8, 4) is 0 Å². The summed E-state index contributed by atoms with van der Waals surface area (Å²) in [6, 6.07) is 5.42. The summed E-state index contributed by atoms with van der Waals surface area (Å²) in [5.41, 5.74) is -0.0417. The maximum Gasteiger partial charge on any atom is 0.299 e. The third kappa shape index (κ3) is 5.68. The Morgan fingerprint density at radius 3 is 1.94 bits per heavy atom. The topological polar surface area (TPSA) is 129 Å². The van der Waals surface area contributed by atoms with Crippen LogP contribution in [0.4, 0.5) is 0 Å². The van der Waals surface area contributed by atoms with Gasteiger partial charge in [-0.1, -0.05) is 18.2 Å². The molecule has 0 saturated carbocycles. The Balaban J connectivity index is 0.000000487. The van der Waals surface area contributed by atoms with Crippen LogP contribution in [0.5, 0.6) is 0 Å². The van der Waals surface area contributed by atoms with Crippen LogP contribution < -0.4 is 0 Å². The smallest absolute Gasteiger partial charge is 0.298 e. The molecule has 0 spiro atoms. The highest BCUT2D eigenvalue weighted by molar-refractivity contribution is 7.86. The largest absolute Gasteiger partial charge is 0.299 e. The van der Waals surface area contributed by atoms with Gasteiger partial charge in [0.05, 0.1) is 0 Å². The number of hydrogen-bond acceptors (Lipinski definition) is 4. The molecule has 0 unspecified atom stereocenters. The van der Waals surface area contributed by atoms with Crippen LogP contribution in [0.1, 0.15) is 10.4 Å². The van der Waals surface area contributed by atoms with E-state index in [4.69, 9.17) is 17.9 Å². The standard InChI is InChI=1S/C7H6O4S.H2O3S/c8-5-6-3-1-2-4-7(6)12(9,10)11;1-4(2)3/h1-5H,(H,9,10,11);(H2,1,2,3). The molecule has 0 fully saturated rings. The SMILES string of the molecule is O=Cc1ccccc1S(=O)(=O)O.O=S(O)O. The Morgan fingerprint density at radius 1 is 1.19 bits per heavy atom. The molecule has 1 aromatic rings. The lowest BCUT2D eigenvalue weighted by atomic mass is 10.2. The van der Waals surface area contributed by atoms with Crippen molar-refractivity contribution in [3.05, 3.63) is 29.8 Å². The molecule has 0 aliphatic rings. The fourth-order valence-corrected chi connectivity index (χ4v) is 1.48. The van der Waals surface area contributed by atoms with E-state index in [9.17, 15) is 13.2 Å². The lowest BCUT2D eigenvalue weighted by Gasteiger charge is -1.98. The first-order chi connectivity index (χ1) is 7.29. The van der Waals surface area contributed by atoms with E-state index in [1.54, 1.807) is 0 Å². The van der Waals surface area contributed by atoms with Crippen molar-refractivity contribution < 1.29 is 31.1 Å². The summed E-state index contributed by atoms with van der Waals surface area (Å²) in [6.45, 7) is 0. The van der Waals surface area contributed by atoms with Gasteiger partial charge in [-0.3, -0.25) is 18.5 Å². The summed E-state index contributed by atoms with van der Waals surface area (Å²) < 4.78 is 52.7. The van der Waals surface area contributed by atoms with Crippen LogP contribution in [0.2, 0.25) is 0 Å². The van der Waals surface area contributed by atoms with Crippen LogP contribution in [0.3, 0.4) is 0 Å². The van der Waals surface area contributed by atoms with E-state index < -0.39 is 21.5 Å². The predicted octanol–water partition coefficient (Wildman–Crippen LogP) is 0.427. The second-order valence-corrected chi connectivity index (χ2v) is 4.21. The van der Waals surface area contributed by atoms with Gasteiger partial charge in [0.25, 0.3) is 21.5 Å². The monoisotopic (exact) mass is 268 g/mol. The number of carbonyl (C=O) groups is 1. The van der Waals surface area contributed by atoms with Crippen molar-refractivity contribution in [1.82, 2.24) is 0 Å². The van der Waals surface area contributed by atoms with Crippen molar-refractivity contribution in [2.24, 2.45) is 0 Å². The minimum atomic E-state index is -4.28. The van der Waals surface area contributed by atoms with Gasteiger partial charge in [-0.25, -0.2) is 0 Å². The molecule has 0 heterocycles. The van der Waals surface area contributed by atoms with Gasteiger partial charge < -0.3 is 0 Å². The Labute approximate surface area is 94.0 Å². The molecule has 0 atom stereocenters. The molecule has 0 aromatic heterocycles. The molecule has 3 N–H and O–H groups in total. The Hall–Kier alpha value is -1.13. The van der Waals surface area contributed by atoms with Crippen LogP contribution in [0.15, 0.2) is 29.2 Å². The fraction of sp³-hybridized carbons (Fsp3) is 0. The molecule has 0 saturated heterocycles. The van der Waals surface area contributed by atoms with Crippen molar-refractivity contribution in [3.63, 3.8) is 0 Å². The normalized spacial score (nSPS) is 10.5. The fourth-order valence-electron chi connectivity index (χ4n) is 0.813. The van der Waals surface area contributed by atoms with Crippen LogP contribution in [-0.2, 0) is 21.5 Å². The molecular formula is C7H8O7S2. The average Bonchev–Trinajstić information content (AvgIpc) is 2.15.